The summed E-state index contributed by atoms with van der Waals surface area (Å²) in [5, 5.41) is 0. The van der Waals surface area contributed by atoms with Crippen LogP contribution >= 0.6 is 0 Å². The van der Waals surface area contributed by atoms with Crippen molar-refractivity contribution in [1.29, 1.82) is 0 Å². The molecule has 2 aliphatic heterocycles. The lowest BCUT2D eigenvalue weighted by Crippen LogP contribution is -2.57. The summed E-state index contributed by atoms with van der Waals surface area (Å²) in [5.41, 5.74) is 1.89. The topological polar surface area (TPSA) is 49.9 Å². The summed E-state index contributed by atoms with van der Waals surface area (Å²) in [6.07, 6.45) is 2.43. The number of carbonyl (C=O) groups is 2. The molecule has 2 fully saturated rings. The van der Waals surface area contributed by atoms with Crippen LogP contribution in [0.1, 0.15) is 18.4 Å². The largest absolute Gasteiger partial charge is 0.384 e. The van der Waals surface area contributed by atoms with Crippen molar-refractivity contribution >= 4 is 17.5 Å². The maximum absolute atomic E-state index is 12.7. The van der Waals surface area contributed by atoms with Crippen molar-refractivity contribution in [3.05, 3.63) is 29.8 Å². The van der Waals surface area contributed by atoms with Gasteiger partial charge in [0.15, 0.2) is 0 Å². The number of fused-ring (bicyclic) bond motifs is 1. The van der Waals surface area contributed by atoms with Gasteiger partial charge in [0.25, 0.3) is 0 Å². The van der Waals surface area contributed by atoms with Gasteiger partial charge in [0.05, 0.1) is 6.61 Å². The third-order valence-electron chi connectivity index (χ3n) is 4.28. The summed E-state index contributed by atoms with van der Waals surface area (Å²) in [4.78, 5) is 28.3. The van der Waals surface area contributed by atoms with Gasteiger partial charge in [-0.25, -0.2) is 0 Å². The second kappa shape index (κ2) is 5.85. The molecule has 0 aliphatic carbocycles. The van der Waals surface area contributed by atoms with Crippen molar-refractivity contribution in [2.24, 2.45) is 0 Å². The minimum atomic E-state index is -0.262. The van der Waals surface area contributed by atoms with Crippen LogP contribution in [-0.2, 0) is 20.7 Å². The molecule has 0 spiro atoms. The van der Waals surface area contributed by atoms with Crippen LogP contribution in [0.2, 0.25) is 0 Å². The molecule has 21 heavy (non-hydrogen) atoms. The highest BCUT2D eigenvalue weighted by Crippen LogP contribution is 2.29. The van der Waals surface area contributed by atoms with E-state index in [0.717, 1.165) is 30.5 Å². The van der Waals surface area contributed by atoms with E-state index in [-0.39, 0.29) is 24.4 Å². The van der Waals surface area contributed by atoms with E-state index in [1.807, 2.05) is 24.3 Å². The van der Waals surface area contributed by atoms with E-state index >= 15 is 0 Å². The first-order valence-electron chi connectivity index (χ1n) is 7.40. The Morgan fingerprint density at radius 1 is 1.29 bits per heavy atom. The van der Waals surface area contributed by atoms with Crippen LogP contribution in [-0.4, -0.2) is 49.6 Å². The normalized spacial score (nSPS) is 21.9. The maximum Gasteiger partial charge on any atom is 0.250 e. The minimum absolute atomic E-state index is 0.0527. The molecule has 0 radical (unpaired) electrons. The summed E-state index contributed by atoms with van der Waals surface area (Å²) >= 11 is 0. The number of nitrogens with zero attached hydrogens (tertiary/aromatic N) is 2. The Morgan fingerprint density at radius 2 is 2.10 bits per heavy atom. The molecule has 1 unspecified atom stereocenters. The average Bonchev–Trinajstić information content (AvgIpc) is 3.00. The van der Waals surface area contributed by atoms with Crippen molar-refractivity contribution < 1.29 is 14.3 Å². The third kappa shape index (κ3) is 2.53. The van der Waals surface area contributed by atoms with Crippen LogP contribution in [0.4, 0.5) is 5.69 Å². The number of hydrogen-bond donors (Lipinski definition) is 0. The lowest BCUT2D eigenvalue weighted by Gasteiger charge is -2.37. The highest BCUT2D eigenvalue weighted by Gasteiger charge is 2.42. The standard InChI is InChI=1S/C16H20N2O3/c1-21-10-8-12-5-2-3-6-13(12)18-11-15(19)17-9-4-7-14(17)16(18)20/h2-3,5-6,14H,4,7-11H2,1H3. The van der Waals surface area contributed by atoms with Crippen LogP contribution in [0.25, 0.3) is 0 Å². The van der Waals surface area contributed by atoms with Crippen molar-refractivity contribution in [2.75, 3.05) is 31.7 Å². The molecule has 2 aliphatic rings. The average molecular weight is 288 g/mol. The van der Waals surface area contributed by atoms with Crippen LogP contribution in [0, 0.1) is 0 Å². The van der Waals surface area contributed by atoms with Gasteiger partial charge in [-0.15, -0.1) is 0 Å². The summed E-state index contributed by atoms with van der Waals surface area (Å²) < 4.78 is 5.13. The van der Waals surface area contributed by atoms with Crippen LogP contribution in [0.3, 0.4) is 0 Å². The van der Waals surface area contributed by atoms with Crippen molar-refractivity contribution in [3.63, 3.8) is 0 Å². The molecule has 0 bridgehead atoms. The molecule has 0 N–H and O–H groups in total. The number of ether oxygens (including phenoxy) is 1. The van der Waals surface area contributed by atoms with Crippen LogP contribution in [0.15, 0.2) is 24.3 Å². The third-order valence-corrected chi connectivity index (χ3v) is 4.28. The van der Waals surface area contributed by atoms with Gasteiger partial charge < -0.3 is 14.5 Å². The number of hydrogen-bond acceptors (Lipinski definition) is 3. The van der Waals surface area contributed by atoms with Gasteiger partial charge in [-0.3, -0.25) is 9.59 Å². The molecule has 1 aromatic rings. The Morgan fingerprint density at radius 3 is 2.90 bits per heavy atom. The SMILES string of the molecule is COCCc1ccccc1N1CC(=O)N2CCCC2C1=O. The monoisotopic (exact) mass is 288 g/mol. The van der Waals surface area contributed by atoms with Gasteiger partial charge in [-0.05, 0) is 30.9 Å². The molecular weight excluding hydrogens is 268 g/mol. The summed E-state index contributed by atoms with van der Waals surface area (Å²) in [7, 11) is 1.66. The fourth-order valence-corrected chi connectivity index (χ4v) is 3.21. The molecule has 3 rings (SSSR count). The smallest absolute Gasteiger partial charge is 0.250 e. The second-order valence-electron chi connectivity index (χ2n) is 5.54. The van der Waals surface area contributed by atoms with Crippen LogP contribution in [0.5, 0.6) is 0 Å². The number of anilines is 1. The van der Waals surface area contributed by atoms with Crippen molar-refractivity contribution in [2.45, 2.75) is 25.3 Å². The number of carbonyl (C=O) groups excluding carboxylic acids is 2. The second-order valence-corrected chi connectivity index (χ2v) is 5.54. The van der Waals surface area contributed by atoms with E-state index in [4.69, 9.17) is 4.74 Å². The molecule has 2 heterocycles. The van der Waals surface area contributed by atoms with Crippen molar-refractivity contribution in [3.8, 4) is 0 Å². The van der Waals surface area contributed by atoms with Gasteiger partial charge in [0.1, 0.15) is 12.6 Å². The Hall–Kier alpha value is -1.88. The molecule has 112 valence electrons. The van der Waals surface area contributed by atoms with E-state index in [1.54, 1.807) is 16.9 Å². The Balaban J connectivity index is 1.89. The zero-order valence-electron chi connectivity index (χ0n) is 12.2. The predicted molar refractivity (Wildman–Crippen MR) is 79.1 cm³/mol. The summed E-state index contributed by atoms with van der Waals surface area (Å²) in [5.74, 6) is 0.107. The van der Waals surface area contributed by atoms with Gasteiger partial charge >= 0.3 is 0 Å². The number of rotatable bonds is 4. The Labute approximate surface area is 124 Å². The van der Waals surface area contributed by atoms with Gasteiger partial charge in [0, 0.05) is 19.3 Å². The van der Waals surface area contributed by atoms with E-state index in [2.05, 4.69) is 0 Å². The molecule has 2 saturated heterocycles. The first-order chi connectivity index (χ1) is 10.2. The maximum atomic E-state index is 12.7. The van der Waals surface area contributed by atoms with E-state index < -0.39 is 0 Å². The summed E-state index contributed by atoms with van der Waals surface area (Å²) in [6, 6.07) is 7.51. The molecule has 5 nitrogen and oxygen atoms in total. The van der Waals surface area contributed by atoms with Gasteiger partial charge in [-0.1, -0.05) is 18.2 Å². The van der Waals surface area contributed by atoms with E-state index in [1.165, 1.54) is 0 Å². The molecule has 5 heteroatoms. The lowest BCUT2D eigenvalue weighted by atomic mass is 10.1. The molecule has 0 aromatic heterocycles. The van der Waals surface area contributed by atoms with Crippen molar-refractivity contribution in [1.82, 2.24) is 4.90 Å². The first-order valence-corrected chi connectivity index (χ1v) is 7.40. The first kappa shape index (κ1) is 14.1. The number of para-hydroxylation sites is 1. The minimum Gasteiger partial charge on any atom is -0.384 e. The zero-order chi connectivity index (χ0) is 14.8. The van der Waals surface area contributed by atoms with Gasteiger partial charge in [-0.2, -0.15) is 0 Å². The fourth-order valence-electron chi connectivity index (χ4n) is 3.21. The van der Waals surface area contributed by atoms with Gasteiger partial charge in [0.2, 0.25) is 11.8 Å². The number of piperazine rings is 1. The highest BCUT2D eigenvalue weighted by atomic mass is 16.5. The predicted octanol–water partition coefficient (Wildman–Crippen LogP) is 1.21. The molecule has 0 saturated carbocycles. The zero-order valence-corrected chi connectivity index (χ0v) is 12.2. The van der Waals surface area contributed by atoms with E-state index in [0.29, 0.717) is 13.2 Å². The number of amides is 2. The Bertz CT molecular complexity index is 558. The number of benzene rings is 1. The summed E-state index contributed by atoms with van der Waals surface area (Å²) in [6.45, 7) is 1.47. The van der Waals surface area contributed by atoms with E-state index in [9.17, 15) is 9.59 Å². The molecule has 1 aromatic carbocycles. The molecule has 2 amide bonds. The Kier molecular flexibility index (Phi) is 3.92. The van der Waals surface area contributed by atoms with Crippen LogP contribution < -0.4 is 4.90 Å². The highest BCUT2D eigenvalue weighted by molar-refractivity contribution is 6.07. The molecular formula is C16H20N2O3. The molecule has 1 atom stereocenters. The number of methoxy groups -OCH3 is 1. The quantitative estimate of drug-likeness (QED) is 0.837. The fraction of sp³-hybridized carbons (Fsp3) is 0.500. The lowest BCUT2D eigenvalue weighted by molar-refractivity contribution is -0.140.